The average molecular weight is 290 g/mol. The molecule has 0 amide bonds. The molecule has 110 valence electrons. The molecule has 0 nitrogen and oxygen atoms in total. The fourth-order valence-electron chi connectivity index (χ4n) is 1.20. The highest BCUT2D eigenvalue weighted by atomic mass is 19.4. The van der Waals surface area contributed by atoms with Crippen molar-refractivity contribution in [1.29, 1.82) is 0 Å². The molecule has 0 saturated carbocycles. The highest BCUT2D eigenvalue weighted by molar-refractivity contribution is 5.16. The number of hydrogen-bond acceptors (Lipinski definition) is 0. The minimum Gasteiger partial charge on any atom is -0.207 e. The molecule has 0 spiro atoms. The monoisotopic (exact) mass is 290 g/mol. The van der Waals surface area contributed by atoms with Crippen LogP contribution in [0.3, 0.4) is 0 Å². The number of alkyl halides is 6. The predicted octanol–water partition coefficient (Wildman–Crippen LogP) is 5.28. The van der Waals surface area contributed by atoms with Crippen LogP contribution in [0.2, 0.25) is 0 Å². The van der Waals surface area contributed by atoms with E-state index in [1.54, 1.807) is 6.07 Å². The molecule has 0 aliphatic carbocycles. The van der Waals surface area contributed by atoms with Crippen LogP contribution in [-0.4, -0.2) is 12.4 Å². The van der Waals surface area contributed by atoms with Gasteiger partial charge in [-0.2, -0.15) is 26.3 Å². The Bertz CT molecular complexity index is 353. The summed E-state index contributed by atoms with van der Waals surface area (Å²) in [5, 5.41) is 0. The second-order valence-corrected chi connectivity index (χ2v) is 3.75. The van der Waals surface area contributed by atoms with Gasteiger partial charge in [0.2, 0.25) is 0 Å². The predicted molar refractivity (Wildman–Crippen MR) is 57.1 cm³/mol. The molecule has 1 aromatic rings. The minimum atomic E-state index is -5.14. The Kier molecular flexibility index (Phi) is 6.86. The van der Waals surface area contributed by atoms with Gasteiger partial charge in [0.25, 0.3) is 0 Å². The normalized spacial score (nSPS) is 11.8. The van der Waals surface area contributed by atoms with Gasteiger partial charge in [-0.05, 0) is 18.1 Å². The number of aryl methyl sites for hydroxylation is 1. The Morgan fingerprint density at radius 2 is 1.37 bits per heavy atom. The number of benzene rings is 1. The Balaban J connectivity index is 0.000000344. The summed E-state index contributed by atoms with van der Waals surface area (Å²) in [6, 6.07) is 6.92. The van der Waals surface area contributed by atoms with Crippen LogP contribution < -0.4 is 0 Å². The van der Waals surface area contributed by atoms with E-state index in [9.17, 15) is 30.7 Å². The van der Waals surface area contributed by atoms with E-state index < -0.39 is 18.8 Å². The molecule has 0 heterocycles. The zero-order valence-corrected chi connectivity index (χ0v) is 10.1. The molecular formula is C12H13F7. The largest absolute Gasteiger partial charge is 0.397 e. The van der Waals surface area contributed by atoms with Crippen molar-refractivity contribution in [3.63, 3.8) is 0 Å². The molecule has 0 aliphatic rings. The van der Waals surface area contributed by atoms with Gasteiger partial charge in [0.05, 0.1) is 0 Å². The number of rotatable bonds is 2. The maximum absolute atomic E-state index is 12.8. The topological polar surface area (TPSA) is 0 Å². The SMILES string of the molecule is CCCc1ccccc1F.FC(F)(F)CC(F)(F)F. The van der Waals surface area contributed by atoms with Gasteiger partial charge in [-0.1, -0.05) is 31.5 Å². The molecule has 1 rings (SSSR count). The zero-order chi connectivity index (χ0) is 15.1. The first-order valence-electron chi connectivity index (χ1n) is 5.42. The summed E-state index contributed by atoms with van der Waals surface area (Å²) < 4.78 is 77.8. The zero-order valence-electron chi connectivity index (χ0n) is 10.1. The molecule has 0 bridgehead atoms. The van der Waals surface area contributed by atoms with Crippen molar-refractivity contribution < 1.29 is 30.7 Å². The van der Waals surface area contributed by atoms with Crippen molar-refractivity contribution in [2.75, 3.05) is 0 Å². The molecule has 0 fully saturated rings. The maximum Gasteiger partial charge on any atom is 0.397 e. The smallest absolute Gasteiger partial charge is 0.207 e. The van der Waals surface area contributed by atoms with Gasteiger partial charge in [0.15, 0.2) is 0 Å². The van der Waals surface area contributed by atoms with Crippen LogP contribution in [0, 0.1) is 5.82 Å². The van der Waals surface area contributed by atoms with Gasteiger partial charge in [-0.3, -0.25) is 0 Å². The third kappa shape index (κ3) is 10.3. The standard InChI is InChI=1S/C9H11F.C3H2F6/c1-2-5-8-6-3-4-7-9(8)10;4-2(5,6)1-3(7,8)9/h3-4,6-7H,2,5H2,1H3;1H2. The highest BCUT2D eigenvalue weighted by Gasteiger charge is 2.43. The van der Waals surface area contributed by atoms with Crippen molar-refractivity contribution in [2.24, 2.45) is 0 Å². The van der Waals surface area contributed by atoms with Crippen LogP contribution in [-0.2, 0) is 6.42 Å². The Hall–Kier alpha value is -1.27. The summed E-state index contributed by atoms with van der Waals surface area (Å²) in [5.74, 6) is -0.0793. The van der Waals surface area contributed by atoms with E-state index in [0.717, 1.165) is 18.4 Å². The van der Waals surface area contributed by atoms with E-state index in [0.29, 0.717) is 0 Å². The summed E-state index contributed by atoms with van der Waals surface area (Å²) in [6.45, 7) is 2.05. The summed E-state index contributed by atoms with van der Waals surface area (Å²) in [7, 11) is 0. The molecule has 0 N–H and O–H groups in total. The van der Waals surface area contributed by atoms with Crippen LogP contribution in [0.15, 0.2) is 24.3 Å². The highest BCUT2D eigenvalue weighted by Crippen LogP contribution is 2.31. The third-order valence-corrected chi connectivity index (χ3v) is 1.88. The Morgan fingerprint density at radius 1 is 0.895 bits per heavy atom. The molecule has 0 aromatic heterocycles. The second kappa shape index (κ2) is 7.35. The number of halogens is 7. The lowest BCUT2D eigenvalue weighted by Gasteiger charge is -2.08. The molecule has 0 saturated heterocycles. The molecule has 7 heteroatoms. The lowest BCUT2D eigenvalue weighted by molar-refractivity contribution is -0.232. The molecule has 0 atom stereocenters. The van der Waals surface area contributed by atoms with E-state index in [-0.39, 0.29) is 5.82 Å². The van der Waals surface area contributed by atoms with Gasteiger partial charge >= 0.3 is 12.4 Å². The van der Waals surface area contributed by atoms with Crippen molar-refractivity contribution in [1.82, 2.24) is 0 Å². The van der Waals surface area contributed by atoms with Crippen LogP contribution in [0.5, 0.6) is 0 Å². The molecule has 0 unspecified atom stereocenters. The first-order valence-corrected chi connectivity index (χ1v) is 5.42. The van der Waals surface area contributed by atoms with Crippen LogP contribution in [0.4, 0.5) is 30.7 Å². The molecule has 19 heavy (non-hydrogen) atoms. The first kappa shape index (κ1) is 17.7. The minimum absolute atomic E-state index is 0.0793. The van der Waals surface area contributed by atoms with Crippen molar-refractivity contribution in [3.05, 3.63) is 35.6 Å². The summed E-state index contributed by atoms with van der Waals surface area (Å²) in [6.07, 6.45) is -11.1. The average Bonchev–Trinajstić information content (AvgIpc) is 2.17. The van der Waals surface area contributed by atoms with Crippen LogP contribution >= 0.6 is 0 Å². The van der Waals surface area contributed by atoms with E-state index in [2.05, 4.69) is 0 Å². The number of hydrogen-bond donors (Lipinski definition) is 0. The van der Waals surface area contributed by atoms with Gasteiger partial charge in [-0.25, -0.2) is 4.39 Å². The third-order valence-electron chi connectivity index (χ3n) is 1.88. The van der Waals surface area contributed by atoms with Crippen LogP contribution in [0.1, 0.15) is 25.3 Å². The van der Waals surface area contributed by atoms with Gasteiger partial charge in [0, 0.05) is 0 Å². The second-order valence-electron chi connectivity index (χ2n) is 3.75. The van der Waals surface area contributed by atoms with Gasteiger partial charge < -0.3 is 0 Å². The molecule has 0 radical (unpaired) electrons. The maximum atomic E-state index is 12.8. The lowest BCUT2D eigenvalue weighted by Crippen LogP contribution is -2.20. The van der Waals surface area contributed by atoms with Crippen molar-refractivity contribution in [3.8, 4) is 0 Å². The fraction of sp³-hybridized carbons (Fsp3) is 0.500. The Labute approximate surface area is 106 Å². The lowest BCUT2D eigenvalue weighted by atomic mass is 10.1. The van der Waals surface area contributed by atoms with E-state index in [1.807, 2.05) is 19.1 Å². The molecule has 0 aliphatic heterocycles. The van der Waals surface area contributed by atoms with E-state index in [4.69, 9.17) is 0 Å². The summed E-state index contributed by atoms with van der Waals surface area (Å²) in [4.78, 5) is 0. The quantitative estimate of drug-likeness (QED) is 0.650. The molecule has 1 aromatic carbocycles. The van der Waals surface area contributed by atoms with Crippen molar-refractivity contribution >= 4 is 0 Å². The van der Waals surface area contributed by atoms with Crippen LogP contribution in [0.25, 0.3) is 0 Å². The van der Waals surface area contributed by atoms with Gasteiger partial charge in [-0.15, -0.1) is 0 Å². The summed E-state index contributed by atoms with van der Waals surface area (Å²) in [5.41, 5.74) is 0.824. The van der Waals surface area contributed by atoms with E-state index >= 15 is 0 Å². The summed E-state index contributed by atoms with van der Waals surface area (Å²) >= 11 is 0. The molecular weight excluding hydrogens is 277 g/mol. The van der Waals surface area contributed by atoms with Gasteiger partial charge in [0.1, 0.15) is 12.2 Å². The fourth-order valence-corrected chi connectivity index (χ4v) is 1.20. The van der Waals surface area contributed by atoms with Crippen molar-refractivity contribution in [2.45, 2.75) is 38.5 Å². The Morgan fingerprint density at radius 3 is 1.68 bits per heavy atom. The first-order chi connectivity index (χ1) is 8.55. The van der Waals surface area contributed by atoms with E-state index in [1.165, 1.54) is 6.07 Å².